The molecule has 0 saturated carbocycles. The highest BCUT2D eigenvalue weighted by Crippen LogP contribution is 1.95. The summed E-state index contributed by atoms with van der Waals surface area (Å²) in [6.07, 6.45) is 9.72. The molecule has 0 fully saturated rings. The second-order valence-corrected chi connectivity index (χ2v) is 1.66. The smallest absolute Gasteiger partial charge is 0.00860 e. The van der Waals surface area contributed by atoms with E-state index in [0.717, 1.165) is 6.42 Å². The van der Waals surface area contributed by atoms with Gasteiger partial charge in [0.1, 0.15) is 0 Å². The molecule has 0 unspecified atom stereocenters. The molecule has 0 bridgehead atoms. The lowest BCUT2D eigenvalue weighted by Gasteiger charge is -1.86. The monoisotopic (exact) mass is 132 g/mol. The number of halogens is 1. The van der Waals surface area contributed by atoms with Crippen molar-refractivity contribution < 1.29 is 0 Å². The van der Waals surface area contributed by atoms with Crippen LogP contribution in [0.15, 0.2) is 0 Å². The van der Waals surface area contributed by atoms with Gasteiger partial charge in [0.05, 0.1) is 0 Å². The van der Waals surface area contributed by atoms with Gasteiger partial charge in [-0.15, -0.1) is 24.8 Å². The van der Waals surface area contributed by atoms with Gasteiger partial charge < -0.3 is 0 Å². The van der Waals surface area contributed by atoms with Crippen LogP contribution in [0.3, 0.4) is 0 Å². The number of hydrogen-bond donors (Lipinski definition) is 0. The molecule has 1 heteroatoms. The van der Waals surface area contributed by atoms with Gasteiger partial charge in [-0.25, -0.2) is 0 Å². The van der Waals surface area contributed by atoms with Crippen molar-refractivity contribution in [1.82, 2.24) is 0 Å². The van der Waals surface area contributed by atoms with E-state index in [4.69, 9.17) is 6.42 Å². The second kappa shape index (κ2) is 9.97. The summed E-state index contributed by atoms with van der Waals surface area (Å²) in [6, 6.07) is 0. The molecule has 0 aliphatic rings. The highest BCUT2D eigenvalue weighted by Gasteiger charge is 1.77. The van der Waals surface area contributed by atoms with Crippen molar-refractivity contribution in [2.75, 3.05) is 0 Å². The summed E-state index contributed by atoms with van der Waals surface area (Å²) < 4.78 is 0. The summed E-state index contributed by atoms with van der Waals surface area (Å²) in [6.45, 7) is 2.18. The van der Waals surface area contributed by atoms with Gasteiger partial charge in [0.15, 0.2) is 0 Å². The van der Waals surface area contributed by atoms with Crippen molar-refractivity contribution in [2.24, 2.45) is 0 Å². The highest BCUT2D eigenvalue weighted by molar-refractivity contribution is 5.85. The van der Waals surface area contributed by atoms with E-state index < -0.39 is 0 Å². The number of terminal acetylenes is 1. The fourth-order valence-electron chi connectivity index (χ4n) is 0.477. The molecule has 0 saturated heterocycles. The van der Waals surface area contributed by atoms with E-state index in [1.165, 1.54) is 19.3 Å². The Hall–Kier alpha value is -0.150. The SMILES string of the molecule is C#CCCCCC.Cl. The van der Waals surface area contributed by atoms with Gasteiger partial charge in [0, 0.05) is 6.42 Å². The van der Waals surface area contributed by atoms with Crippen LogP contribution in [0, 0.1) is 12.3 Å². The maximum Gasteiger partial charge on any atom is 0.00860 e. The predicted octanol–water partition coefficient (Wildman–Crippen LogP) is 2.62. The molecule has 0 atom stereocenters. The van der Waals surface area contributed by atoms with E-state index in [9.17, 15) is 0 Å². The minimum Gasteiger partial charge on any atom is -0.147 e. The molecular weight excluding hydrogens is 120 g/mol. The molecule has 0 aliphatic carbocycles. The zero-order valence-corrected chi connectivity index (χ0v) is 6.13. The van der Waals surface area contributed by atoms with E-state index in [1.807, 2.05) is 0 Å². The molecule has 0 rings (SSSR count). The third kappa shape index (κ3) is 9.28. The van der Waals surface area contributed by atoms with Gasteiger partial charge >= 0.3 is 0 Å². The van der Waals surface area contributed by atoms with Gasteiger partial charge in [-0.2, -0.15) is 0 Å². The zero-order chi connectivity index (χ0) is 5.54. The van der Waals surface area contributed by atoms with E-state index in [0.29, 0.717) is 0 Å². The van der Waals surface area contributed by atoms with Crippen LogP contribution in [-0.4, -0.2) is 0 Å². The van der Waals surface area contributed by atoms with Crippen LogP contribution in [0.25, 0.3) is 0 Å². The minimum atomic E-state index is 0. The highest BCUT2D eigenvalue weighted by atomic mass is 35.5. The van der Waals surface area contributed by atoms with Crippen molar-refractivity contribution in [2.45, 2.75) is 32.6 Å². The Morgan fingerprint density at radius 3 is 2.38 bits per heavy atom. The molecule has 0 aromatic heterocycles. The molecular formula is C7H13Cl. The van der Waals surface area contributed by atoms with Crippen LogP contribution in [0.4, 0.5) is 0 Å². The van der Waals surface area contributed by atoms with E-state index in [1.54, 1.807) is 0 Å². The van der Waals surface area contributed by atoms with Gasteiger partial charge in [-0.05, 0) is 6.42 Å². The Bertz CT molecular complexity index is 61.3. The maximum absolute atomic E-state index is 5.02. The lowest BCUT2D eigenvalue weighted by atomic mass is 10.2. The first-order chi connectivity index (χ1) is 3.41. The third-order valence-corrected chi connectivity index (χ3v) is 0.925. The van der Waals surface area contributed by atoms with Crippen LogP contribution in [0.2, 0.25) is 0 Å². The molecule has 8 heavy (non-hydrogen) atoms. The quantitative estimate of drug-likeness (QED) is 0.409. The first-order valence-corrected chi connectivity index (χ1v) is 2.85. The molecule has 0 N–H and O–H groups in total. The molecule has 0 aromatic rings. The summed E-state index contributed by atoms with van der Waals surface area (Å²) in [5.41, 5.74) is 0. The fourth-order valence-corrected chi connectivity index (χ4v) is 0.477. The van der Waals surface area contributed by atoms with E-state index >= 15 is 0 Å². The Morgan fingerprint density at radius 1 is 1.38 bits per heavy atom. The zero-order valence-electron chi connectivity index (χ0n) is 5.31. The van der Waals surface area contributed by atoms with Crippen molar-refractivity contribution in [1.29, 1.82) is 0 Å². The average Bonchev–Trinajstić information content (AvgIpc) is 1.69. The number of unbranched alkanes of at least 4 members (excludes halogenated alkanes) is 3. The van der Waals surface area contributed by atoms with E-state index in [2.05, 4.69) is 12.8 Å². The second-order valence-electron chi connectivity index (χ2n) is 1.66. The first-order valence-electron chi connectivity index (χ1n) is 2.85. The summed E-state index contributed by atoms with van der Waals surface area (Å²) in [5.74, 6) is 2.60. The van der Waals surface area contributed by atoms with Crippen molar-refractivity contribution in [3.8, 4) is 12.3 Å². The van der Waals surface area contributed by atoms with E-state index in [-0.39, 0.29) is 12.4 Å². The Balaban J connectivity index is 0. The summed E-state index contributed by atoms with van der Waals surface area (Å²) in [5, 5.41) is 0. The fraction of sp³-hybridized carbons (Fsp3) is 0.714. The molecule has 0 nitrogen and oxygen atoms in total. The summed E-state index contributed by atoms with van der Waals surface area (Å²) in [7, 11) is 0. The Morgan fingerprint density at radius 2 is 2.00 bits per heavy atom. The third-order valence-electron chi connectivity index (χ3n) is 0.925. The van der Waals surface area contributed by atoms with Gasteiger partial charge in [0.2, 0.25) is 0 Å². The molecule has 0 spiro atoms. The van der Waals surface area contributed by atoms with Gasteiger partial charge in [-0.1, -0.05) is 19.8 Å². The first kappa shape index (κ1) is 10.8. The minimum absolute atomic E-state index is 0. The number of rotatable bonds is 3. The van der Waals surface area contributed by atoms with Crippen LogP contribution in [0.1, 0.15) is 32.6 Å². The predicted molar refractivity (Wildman–Crippen MR) is 40.2 cm³/mol. The normalized spacial score (nSPS) is 7.00. The van der Waals surface area contributed by atoms with Crippen LogP contribution in [-0.2, 0) is 0 Å². The Kier molecular flexibility index (Phi) is 13.4. The Labute approximate surface area is 58.1 Å². The molecule has 0 aromatic carbocycles. The van der Waals surface area contributed by atoms with Crippen molar-refractivity contribution in [3.63, 3.8) is 0 Å². The molecule has 0 aliphatic heterocycles. The maximum atomic E-state index is 5.02. The van der Waals surface area contributed by atoms with Crippen molar-refractivity contribution >= 4 is 12.4 Å². The topological polar surface area (TPSA) is 0 Å². The lowest BCUT2D eigenvalue weighted by Crippen LogP contribution is -1.68. The summed E-state index contributed by atoms with van der Waals surface area (Å²) >= 11 is 0. The molecule has 0 amide bonds. The van der Waals surface area contributed by atoms with Gasteiger partial charge in [-0.3, -0.25) is 0 Å². The van der Waals surface area contributed by atoms with Crippen molar-refractivity contribution in [3.05, 3.63) is 0 Å². The standard InChI is InChI=1S/C7H12.ClH/c1-3-5-7-6-4-2;/h1H,4-7H2,2H3;1H. The van der Waals surface area contributed by atoms with Gasteiger partial charge in [0.25, 0.3) is 0 Å². The molecule has 48 valence electrons. The summed E-state index contributed by atoms with van der Waals surface area (Å²) in [4.78, 5) is 0. The largest absolute Gasteiger partial charge is 0.147 e. The average molecular weight is 133 g/mol. The van der Waals surface area contributed by atoms with Crippen LogP contribution < -0.4 is 0 Å². The lowest BCUT2D eigenvalue weighted by molar-refractivity contribution is 0.737. The molecule has 0 radical (unpaired) electrons. The number of hydrogen-bond acceptors (Lipinski definition) is 0. The molecule has 0 heterocycles. The van der Waals surface area contributed by atoms with Crippen LogP contribution in [0.5, 0.6) is 0 Å². The van der Waals surface area contributed by atoms with Crippen LogP contribution >= 0.6 is 12.4 Å².